The molecule has 1 fully saturated rings. The number of amides is 2. The number of hydrogen-bond acceptors (Lipinski definition) is 4. The molecular formula is C30H33FN2O4. The van der Waals surface area contributed by atoms with Gasteiger partial charge in [0, 0.05) is 24.6 Å². The Morgan fingerprint density at radius 1 is 0.946 bits per heavy atom. The Hall–Kier alpha value is -3.87. The van der Waals surface area contributed by atoms with Gasteiger partial charge in [-0.1, -0.05) is 61.4 Å². The van der Waals surface area contributed by atoms with Crippen molar-refractivity contribution in [3.63, 3.8) is 0 Å². The fourth-order valence-corrected chi connectivity index (χ4v) is 4.63. The van der Waals surface area contributed by atoms with Crippen molar-refractivity contribution < 1.29 is 23.5 Å². The van der Waals surface area contributed by atoms with E-state index in [1.807, 2.05) is 30.3 Å². The van der Waals surface area contributed by atoms with Gasteiger partial charge < -0.3 is 19.7 Å². The quantitative estimate of drug-likeness (QED) is 0.403. The van der Waals surface area contributed by atoms with Crippen molar-refractivity contribution in [1.82, 2.24) is 10.2 Å². The van der Waals surface area contributed by atoms with Crippen LogP contribution in [0.25, 0.3) is 0 Å². The molecule has 0 aromatic heterocycles. The van der Waals surface area contributed by atoms with Crippen LogP contribution in [0.15, 0.2) is 78.9 Å². The van der Waals surface area contributed by atoms with Crippen molar-refractivity contribution in [2.24, 2.45) is 0 Å². The van der Waals surface area contributed by atoms with Crippen LogP contribution < -0.4 is 14.8 Å². The second-order valence-electron chi connectivity index (χ2n) is 9.27. The molecule has 0 saturated heterocycles. The third kappa shape index (κ3) is 7.32. The van der Waals surface area contributed by atoms with Crippen LogP contribution in [0.2, 0.25) is 0 Å². The molecule has 0 radical (unpaired) electrons. The molecule has 194 valence electrons. The predicted molar refractivity (Wildman–Crippen MR) is 140 cm³/mol. The third-order valence-corrected chi connectivity index (χ3v) is 6.69. The normalized spacial score (nSPS) is 14.1. The number of nitrogens with one attached hydrogen (secondary N) is 1. The first kappa shape index (κ1) is 26.2. The highest BCUT2D eigenvalue weighted by atomic mass is 19.1. The highest BCUT2D eigenvalue weighted by molar-refractivity contribution is 5.88. The Morgan fingerprint density at radius 2 is 1.59 bits per heavy atom. The summed E-state index contributed by atoms with van der Waals surface area (Å²) in [6.07, 6.45) is 4.29. The van der Waals surface area contributed by atoms with Gasteiger partial charge in [-0.25, -0.2) is 4.39 Å². The molecule has 1 aliphatic carbocycles. The summed E-state index contributed by atoms with van der Waals surface area (Å²) in [5.74, 6) is 0.110. The molecule has 1 N–H and O–H groups in total. The van der Waals surface area contributed by atoms with Gasteiger partial charge in [0.2, 0.25) is 5.91 Å². The summed E-state index contributed by atoms with van der Waals surface area (Å²) in [6.45, 7) is -0.337. The first-order valence-electron chi connectivity index (χ1n) is 12.7. The van der Waals surface area contributed by atoms with Crippen LogP contribution in [-0.2, 0) is 22.6 Å². The van der Waals surface area contributed by atoms with Crippen molar-refractivity contribution in [3.05, 3.63) is 95.8 Å². The minimum Gasteiger partial charge on any atom is -0.497 e. The van der Waals surface area contributed by atoms with Gasteiger partial charge in [0.1, 0.15) is 23.4 Å². The first-order valence-corrected chi connectivity index (χ1v) is 12.7. The molecule has 0 bridgehead atoms. The molecule has 1 atom stereocenters. The first-order chi connectivity index (χ1) is 18.0. The average molecular weight is 505 g/mol. The summed E-state index contributed by atoms with van der Waals surface area (Å²) in [7, 11) is 1.57. The molecule has 2 amide bonds. The van der Waals surface area contributed by atoms with E-state index >= 15 is 0 Å². The lowest BCUT2D eigenvalue weighted by Crippen LogP contribution is -2.53. The summed E-state index contributed by atoms with van der Waals surface area (Å²) in [4.78, 5) is 28.7. The SMILES string of the molecule is COc1ccc(OCC(=O)N(Cc2ccccc2F)[C@H](Cc2ccccc2)C(=O)NC2CCCC2)cc1. The molecule has 0 unspecified atom stereocenters. The molecule has 0 heterocycles. The maximum absolute atomic E-state index is 14.7. The van der Waals surface area contributed by atoms with Gasteiger partial charge in [-0.2, -0.15) is 0 Å². The molecular weight excluding hydrogens is 471 g/mol. The van der Waals surface area contributed by atoms with Crippen LogP contribution in [0.1, 0.15) is 36.8 Å². The molecule has 0 spiro atoms. The predicted octanol–water partition coefficient (Wildman–Crippen LogP) is 4.91. The molecule has 7 heteroatoms. The Bertz CT molecular complexity index is 1160. The van der Waals surface area contributed by atoms with E-state index in [2.05, 4.69) is 5.32 Å². The number of methoxy groups -OCH3 is 1. The smallest absolute Gasteiger partial charge is 0.261 e. The lowest BCUT2D eigenvalue weighted by Gasteiger charge is -2.32. The van der Waals surface area contributed by atoms with Gasteiger partial charge in [0.25, 0.3) is 5.91 Å². The second-order valence-corrected chi connectivity index (χ2v) is 9.27. The molecule has 0 aliphatic heterocycles. The van der Waals surface area contributed by atoms with Gasteiger partial charge in [-0.3, -0.25) is 9.59 Å². The summed E-state index contributed by atoms with van der Waals surface area (Å²) >= 11 is 0. The van der Waals surface area contributed by atoms with E-state index in [1.165, 1.54) is 11.0 Å². The van der Waals surface area contributed by atoms with Crippen molar-refractivity contribution in [1.29, 1.82) is 0 Å². The number of halogens is 1. The number of ether oxygens (including phenoxy) is 2. The lowest BCUT2D eigenvalue weighted by atomic mass is 10.0. The van der Waals surface area contributed by atoms with Crippen molar-refractivity contribution in [3.8, 4) is 11.5 Å². The fraction of sp³-hybridized carbons (Fsp3) is 0.333. The summed E-state index contributed by atoms with van der Waals surface area (Å²) in [5.41, 5.74) is 1.25. The van der Waals surface area contributed by atoms with Gasteiger partial charge in [0.05, 0.1) is 7.11 Å². The minimum atomic E-state index is -0.824. The highest BCUT2D eigenvalue weighted by Gasteiger charge is 2.32. The van der Waals surface area contributed by atoms with Crippen LogP contribution >= 0.6 is 0 Å². The number of carbonyl (C=O) groups excluding carboxylic acids is 2. The van der Waals surface area contributed by atoms with Gasteiger partial charge in [-0.15, -0.1) is 0 Å². The summed E-state index contributed by atoms with van der Waals surface area (Å²) in [5, 5.41) is 3.14. The molecule has 4 rings (SSSR count). The number of carbonyl (C=O) groups is 2. The number of rotatable bonds is 11. The van der Waals surface area contributed by atoms with E-state index in [-0.39, 0.29) is 25.1 Å². The maximum Gasteiger partial charge on any atom is 0.261 e. The van der Waals surface area contributed by atoms with E-state index < -0.39 is 17.8 Å². The third-order valence-electron chi connectivity index (χ3n) is 6.69. The Balaban J connectivity index is 1.60. The van der Waals surface area contributed by atoms with E-state index in [1.54, 1.807) is 49.6 Å². The zero-order valence-corrected chi connectivity index (χ0v) is 21.1. The molecule has 3 aromatic carbocycles. The molecule has 1 aliphatic rings. The van der Waals surface area contributed by atoms with Gasteiger partial charge in [0.15, 0.2) is 6.61 Å². The van der Waals surface area contributed by atoms with E-state index in [9.17, 15) is 14.0 Å². The number of benzene rings is 3. The lowest BCUT2D eigenvalue weighted by molar-refractivity contribution is -0.143. The van der Waals surface area contributed by atoms with Crippen LogP contribution in [0.3, 0.4) is 0 Å². The zero-order chi connectivity index (χ0) is 26.0. The topological polar surface area (TPSA) is 67.9 Å². The van der Waals surface area contributed by atoms with Crippen LogP contribution in [0, 0.1) is 5.82 Å². The van der Waals surface area contributed by atoms with Gasteiger partial charge in [-0.05, 0) is 48.7 Å². The van der Waals surface area contributed by atoms with Crippen molar-refractivity contribution in [2.45, 2.75) is 50.7 Å². The summed E-state index contributed by atoms with van der Waals surface area (Å²) < 4.78 is 25.6. The van der Waals surface area contributed by atoms with E-state index in [0.717, 1.165) is 31.2 Å². The average Bonchev–Trinajstić information content (AvgIpc) is 3.44. The summed E-state index contributed by atoms with van der Waals surface area (Å²) in [6, 6.07) is 22.0. The zero-order valence-electron chi connectivity index (χ0n) is 21.1. The second kappa shape index (κ2) is 12.9. The van der Waals surface area contributed by atoms with E-state index in [4.69, 9.17) is 9.47 Å². The standard InChI is InChI=1S/C30H33FN2O4/c1-36-25-15-17-26(18-16-25)37-21-29(34)33(20-23-11-5-8-14-27(23)31)28(19-22-9-3-2-4-10-22)30(35)32-24-12-6-7-13-24/h2-5,8-11,14-18,24,28H,6-7,12-13,19-21H2,1H3,(H,32,35)/t28-/m1/s1. The monoisotopic (exact) mass is 504 g/mol. The van der Waals surface area contributed by atoms with Crippen LogP contribution in [0.4, 0.5) is 4.39 Å². The van der Waals surface area contributed by atoms with E-state index in [0.29, 0.717) is 23.5 Å². The Kier molecular flexibility index (Phi) is 9.13. The molecule has 37 heavy (non-hydrogen) atoms. The molecule has 6 nitrogen and oxygen atoms in total. The number of nitrogens with zero attached hydrogens (tertiary/aromatic N) is 1. The number of hydrogen-bond donors (Lipinski definition) is 1. The maximum atomic E-state index is 14.7. The Morgan fingerprint density at radius 3 is 2.27 bits per heavy atom. The van der Waals surface area contributed by atoms with Gasteiger partial charge >= 0.3 is 0 Å². The van der Waals surface area contributed by atoms with Crippen LogP contribution in [-0.4, -0.2) is 42.5 Å². The van der Waals surface area contributed by atoms with Crippen molar-refractivity contribution in [2.75, 3.05) is 13.7 Å². The minimum absolute atomic E-state index is 0.0485. The largest absolute Gasteiger partial charge is 0.497 e. The van der Waals surface area contributed by atoms with Crippen molar-refractivity contribution >= 4 is 11.8 Å². The van der Waals surface area contributed by atoms with Crippen LogP contribution in [0.5, 0.6) is 11.5 Å². The molecule has 3 aromatic rings. The Labute approximate surface area is 217 Å². The highest BCUT2D eigenvalue weighted by Crippen LogP contribution is 2.21. The molecule has 1 saturated carbocycles. The fourth-order valence-electron chi connectivity index (χ4n) is 4.63.